The fourth-order valence-electron chi connectivity index (χ4n) is 1.86. The lowest BCUT2D eigenvalue weighted by atomic mass is 10.1. The second kappa shape index (κ2) is 7.09. The summed E-state index contributed by atoms with van der Waals surface area (Å²) >= 11 is 3.36. The summed E-state index contributed by atoms with van der Waals surface area (Å²) in [7, 11) is 1.55. The number of halogens is 1. The standard InChI is InChI=1S/C16H14BrNO4/c1-21-14-7-6-13(17)8-12(14)9-22-16(20)11-4-2-10(3-5-11)15(18)19/h2-8H,9H2,1H3,(H2,18,19). The molecule has 1 amide bonds. The second-order valence-electron chi connectivity index (χ2n) is 4.47. The normalized spacial score (nSPS) is 10.1. The lowest BCUT2D eigenvalue weighted by molar-refractivity contribution is 0.0470. The van der Waals surface area contributed by atoms with Gasteiger partial charge in [-0.2, -0.15) is 0 Å². The average Bonchev–Trinajstić information content (AvgIpc) is 2.52. The molecule has 2 aromatic carbocycles. The number of nitrogens with two attached hydrogens (primary N) is 1. The zero-order valence-electron chi connectivity index (χ0n) is 11.8. The minimum absolute atomic E-state index is 0.0824. The zero-order valence-corrected chi connectivity index (χ0v) is 13.4. The molecule has 2 rings (SSSR count). The summed E-state index contributed by atoms with van der Waals surface area (Å²) < 4.78 is 11.3. The molecule has 0 unspecified atom stereocenters. The molecule has 0 aliphatic rings. The highest BCUT2D eigenvalue weighted by Crippen LogP contribution is 2.24. The van der Waals surface area contributed by atoms with Crippen LogP contribution in [0.1, 0.15) is 26.3 Å². The molecule has 22 heavy (non-hydrogen) atoms. The van der Waals surface area contributed by atoms with Gasteiger partial charge in [0.25, 0.3) is 0 Å². The Bertz CT molecular complexity index is 698. The topological polar surface area (TPSA) is 78.6 Å². The third kappa shape index (κ3) is 3.85. The molecule has 0 fully saturated rings. The Hall–Kier alpha value is -2.34. The number of benzene rings is 2. The summed E-state index contributed by atoms with van der Waals surface area (Å²) in [5, 5.41) is 0. The van der Waals surface area contributed by atoms with Crippen molar-refractivity contribution in [3.05, 3.63) is 63.6 Å². The van der Waals surface area contributed by atoms with Crippen LogP contribution in [-0.2, 0) is 11.3 Å². The quantitative estimate of drug-likeness (QED) is 0.828. The van der Waals surface area contributed by atoms with Gasteiger partial charge in [-0.05, 0) is 42.5 Å². The highest BCUT2D eigenvalue weighted by molar-refractivity contribution is 9.10. The van der Waals surface area contributed by atoms with E-state index in [0.717, 1.165) is 10.0 Å². The van der Waals surface area contributed by atoms with E-state index in [9.17, 15) is 9.59 Å². The van der Waals surface area contributed by atoms with E-state index in [1.54, 1.807) is 13.2 Å². The Morgan fingerprint density at radius 2 is 1.73 bits per heavy atom. The number of carbonyl (C=O) groups is 2. The number of methoxy groups -OCH3 is 1. The van der Waals surface area contributed by atoms with Crippen LogP contribution >= 0.6 is 15.9 Å². The minimum atomic E-state index is -0.543. The Labute approximate surface area is 136 Å². The molecule has 0 saturated carbocycles. The number of hydrogen-bond acceptors (Lipinski definition) is 4. The summed E-state index contributed by atoms with van der Waals surface area (Å²) in [6.45, 7) is 0.0824. The van der Waals surface area contributed by atoms with E-state index in [-0.39, 0.29) is 6.61 Å². The molecule has 2 N–H and O–H groups in total. The van der Waals surface area contributed by atoms with E-state index < -0.39 is 11.9 Å². The van der Waals surface area contributed by atoms with Gasteiger partial charge in [0.1, 0.15) is 12.4 Å². The monoisotopic (exact) mass is 363 g/mol. The van der Waals surface area contributed by atoms with Gasteiger partial charge in [0.15, 0.2) is 0 Å². The predicted molar refractivity (Wildman–Crippen MR) is 84.8 cm³/mol. The van der Waals surface area contributed by atoms with Crippen LogP contribution in [0.15, 0.2) is 46.9 Å². The third-order valence-electron chi connectivity index (χ3n) is 3.01. The summed E-state index contributed by atoms with van der Waals surface area (Å²) in [6.07, 6.45) is 0. The van der Waals surface area contributed by atoms with Crippen LogP contribution in [-0.4, -0.2) is 19.0 Å². The number of esters is 1. The number of ether oxygens (including phenoxy) is 2. The van der Waals surface area contributed by atoms with Crippen LogP contribution in [0.5, 0.6) is 5.75 Å². The number of rotatable bonds is 5. The third-order valence-corrected chi connectivity index (χ3v) is 3.50. The van der Waals surface area contributed by atoms with E-state index in [1.165, 1.54) is 24.3 Å². The van der Waals surface area contributed by atoms with Crippen molar-refractivity contribution in [1.29, 1.82) is 0 Å². The molecule has 2 aromatic rings. The minimum Gasteiger partial charge on any atom is -0.496 e. The van der Waals surface area contributed by atoms with Crippen molar-refractivity contribution in [3.63, 3.8) is 0 Å². The maximum Gasteiger partial charge on any atom is 0.338 e. The van der Waals surface area contributed by atoms with Crippen molar-refractivity contribution in [3.8, 4) is 5.75 Å². The highest BCUT2D eigenvalue weighted by Gasteiger charge is 2.11. The van der Waals surface area contributed by atoms with Crippen molar-refractivity contribution in [2.75, 3.05) is 7.11 Å². The van der Waals surface area contributed by atoms with Crippen molar-refractivity contribution >= 4 is 27.8 Å². The van der Waals surface area contributed by atoms with E-state index in [2.05, 4.69) is 15.9 Å². The molecule has 6 heteroatoms. The summed E-state index contributed by atoms with van der Waals surface area (Å²) in [5.41, 5.74) is 6.58. The SMILES string of the molecule is COc1ccc(Br)cc1COC(=O)c1ccc(C(N)=O)cc1. The van der Waals surface area contributed by atoms with Crippen molar-refractivity contribution in [2.24, 2.45) is 5.73 Å². The highest BCUT2D eigenvalue weighted by atomic mass is 79.9. The first-order valence-electron chi connectivity index (χ1n) is 6.40. The Kier molecular flexibility index (Phi) is 5.16. The lowest BCUT2D eigenvalue weighted by Crippen LogP contribution is -2.11. The van der Waals surface area contributed by atoms with Crippen LogP contribution in [0.2, 0.25) is 0 Å². The molecule has 0 radical (unpaired) electrons. The number of amides is 1. The lowest BCUT2D eigenvalue weighted by Gasteiger charge is -2.10. The second-order valence-corrected chi connectivity index (χ2v) is 5.39. The van der Waals surface area contributed by atoms with Gasteiger partial charge in [-0.25, -0.2) is 4.79 Å². The van der Waals surface area contributed by atoms with Crippen LogP contribution in [0.25, 0.3) is 0 Å². The van der Waals surface area contributed by atoms with Crippen molar-refractivity contribution in [2.45, 2.75) is 6.61 Å². The van der Waals surface area contributed by atoms with Gasteiger partial charge < -0.3 is 15.2 Å². The number of carbonyl (C=O) groups excluding carboxylic acids is 2. The molecule has 0 spiro atoms. The van der Waals surface area contributed by atoms with Gasteiger partial charge in [0.05, 0.1) is 12.7 Å². The van der Waals surface area contributed by atoms with Crippen molar-refractivity contribution < 1.29 is 19.1 Å². The molecule has 0 saturated heterocycles. The summed E-state index contributed by atoms with van der Waals surface area (Å²) in [4.78, 5) is 23.0. The van der Waals surface area contributed by atoms with Gasteiger partial charge >= 0.3 is 5.97 Å². The van der Waals surface area contributed by atoms with E-state index >= 15 is 0 Å². The Morgan fingerprint density at radius 1 is 1.09 bits per heavy atom. The Morgan fingerprint density at radius 3 is 2.32 bits per heavy atom. The van der Waals surface area contributed by atoms with E-state index in [0.29, 0.717) is 16.9 Å². The maximum atomic E-state index is 12.0. The van der Waals surface area contributed by atoms with Gasteiger partial charge in [-0.3, -0.25) is 4.79 Å². The van der Waals surface area contributed by atoms with Gasteiger partial charge in [0.2, 0.25) is 5.91 Å². The molecule has 0 aliphatic heterocycles. The molecule has 0 aromatic heterocycles. The van der Waals surface area contributed by atoms with E-state index in [1.807, 2.05) is 12.1 Å². The molecule has 0 heterocycles. The summed E-state index contributed by atoms with van der Waals surface area (Å²) in [6, 6.07) is 11.4. The molecule has 5 nitrogen and oxygen atoms in total. The molecule has 0 aliphatic carbocycles. The van der Waals surface area contributed by atoms with E-state index in [4.69, 9.17) is 15.2 Å². The van der Waals surface area contributed by atoms with Crippen LogP contribution in [0, 0.1) is 0 Å². The first kappa shape index (κ1) is 16.0. The molecule has 0 atom stereocenters. The molecular formula is C16H14BrNO4. The average molecular weight is 364 g/mol. The molecule has 0 bridgehead atoms. The number of hydrogen-bond donors (Lipinski definition) is 1. The molecule has 114 valence electrons. The maximum absolute atomic E-state index is 12.0. The zero-order chi connectivity index (χ0) is 16.1. The Balaban J connectivity index is 2.06. The van der Waals surface area contributed by atoms with Crippen molar-refractivity contribution in [1.82, 2.24) is 0 Å². The first-order chi connectivity index (χ1) is 10.5. The van der Waals surface area contributed by atoms with Crippen LogP contribution in [0.3, 0.4) is 0 Å². The fraction of sp³-hybridized carbons (Fsp3) is 0.125. The molecular weight excluding hydrogens is 350 g/mol. The predicted octanol–water partition coefficient (Wildman–Crippen LogP) is 2.91. The van der Waals surface area contributed by atoms with Gasteiger partial charge in [0, 0.05) is 15.6 Å². The summed E-state index contributed by atoms with van der Waals surface area (Å²) in [5.74, 6) is -0.392. The number of primary amides is 1. The van der Waals surface area contributed by atoms with Gasteiger partial charge in [-0.1, -0.05) is 15.9 Å². The first-order valence-corrected chi connectivity index (χ1v) is 7.20. The van der Waals surface area contributed by atoms with Crippen LogP contribution in [0.4, 0.5) is 0 Å². The van der Waals surface area contributed by atoms with Gasteiger partial charge in [-0.15, -0.1) is 0 Å². The smallest absolute Gasteiger partial charge is 0.338 e. The fourth-order valence-corrected chi connectivity index (χ4v) is 2.27. The van der Waals surface area contributed by atoms with Crippen LogP contribution < -0.4 is 10.5 Å². The largest absolute Gasteiger partial charge is 0.496 e.